The van der Waals surface area contributed by atoms with Crippen molar-refractivity contribution >= 4 is 22.5 Å². The van der Waals surface area contributed by atoms with Gasteiger partial charge in [-0.15, -0.1) is 10.2 Å². The van der Waals surface area contributed by atoms with Crippen LogP contribution in [0.5, 0.6) is 5.75 Å². The van der Waals surface area contributed by atoms with Crippen LogP contribution in [0.3, 0.4) is 0 Å². The lowest BCUT2D eigenvalue weighted by atomic mass is 10.1. The van der Waals surface area contributed by atoms with E-state index in [0.717, 1.165) is 24.5 Å². The molecule has 2 amide bonds. The van der Waals surface area contributed by atoms with Gasteiger partial charge in [0.15, 0.2) is 0 Å². The second-order valence-electron chi connectivity index (χ2n) is 5.70. The molecule has 0 spiro atoms. The van der Waals surface area contributed by atoms with E-state index in [1.807, 2.05) is 13.0 Å². The Bertz CT molecular complexity index is 700. The zero-order valence-electron chi connectivity index (χ0n) is 13.4. The normalized spacial score (nSPS) is 17.0. The molecule has 1 aliphatic heterocycles. The third-order valence-electron chi connectivity index (χ3n) is 3.83. The van der Waals surface area contributed by atoms with E-state index < -0.39 is 0 Å². The summed E-state index contributed by atoms with van der Waals surface area (Å²) >= 11 is 1.32. The Balaban J connectivity index is 1.72. The smallest absolute Gasteiger partial charge is 0.324 e. The highest BCUT2D eigenvalue weighted by Crippen LogP contribution is 2.21. The van der Waals surface area contributed by atoms with E-state index in [1.165, 1.54) is 11.3 Å². The predicted molar refractivity (Wildman–Crippen MR) is 91.2 cm³/mol. The van der Waals surface area contributed by atoms with Crippen molar-refractivity contribution in [2.45, 2.75) is 32.4 Å². The van der Waals surface area contributed by atoms with E-state index in [0.29, 0.717) is 23.8 Å². The fourth-order valence-corrected chi connectivity index (χ4v) is 3.20. The Kier molecular flexibility index (Phi) is 5.27. The van der Waals surface area contributed by atoms with Crippen LogP contribution in [0.25, 0.3) is 0 Å². The topological polar surface area (TPSA) is 87.6 Å². The van der Waals surface area contributed by atoms with Gasteiger partial charge in [-0.3, -0.25) is 5.32 Å². The van der Waals surface area contributed by atoms with Crippen molar-refractivity contribution in [2.75, 3.05) is 18.5 Å². The van der Waals surface area contributed by atoms with Crippen LogP contribution in [0.1, 0.15) is 23.4 Å². The fourth-order valence-electron chi connectivity index (χ4n) is 2.62. The van der Waals surface area contributed by atoms with Crippen LogP contribution in [0.15, 0.2) is 24.3 Å². The summed E-state index contributed by atoms with van der Waals surface area (Å²) in [5, 5.41) is 21.8. The summed E-state index contributed by atoms with van der Waals surface area (Å²) in [5.74, 6) is 0.175. The van der Waals surface area contributed by atoms with Crippen molar-refractivity contribution in [1.82, 2.24) is 15.1 Å². The van der Waals surface area contributed by atoms with Crippen molar-refractivity contribution in [1.29, 1.82) is 0 Å². The number of benzene rings is 1. The Morgan fingerprint density at radius 2 is 2.29 bits per heavy atom. The van der Waals surface area contributed by atoms with Gasteiger partial charge in [0.2, 0.25) is 5.13 Å². The van der Waals surface area contributed by atoms with Gasteiger partial charge < -0.3 is 14.7 Å². The Morgan fingerprint density at radius 3 is 2.96 bits per heavy atom. The molecule has 1 atom stereocenters. The summed E-state index contributed by atoms with van der Waals surface area (Å²) in [7, 11) is 0. The monoisotopic (exact) mass is 348 g/mol. The van der Waals surface area contributed by atoms with Gasteiger partial charge in [-0.25, -0.2) is 4.79 Å². The first-order valence-corrected chi connectivity index (χ1v) is 8.68. The summed E-state index contributed by atoms with van der Waals surface area (Å²) in [6.45, 7) is 3.33. The third-order valence-corrected chi connectivity index (χ3v) is 4.58. The van der Waals surface area contributed by atoms with Crippen molar-refractivity contribution in [3.63, 3.8) is 0 Å². The molecule has 7 nitrogen and oxygen atoms in total. The third kappa shape index (κ3) is 4.21. The first-order chi connectivity index (χ1) is 11.6. The molecule has 2 heterocycles. The molecular formula is C16H20N4O3S. The number of phenols is 1. The molecule has 24 heavy (non-hydrogen) atoms. The molecule has 128 valence electrons. The first kappa shape index (κ1) is 16.7. The number of hydrogen-bond acceptors (Lipinski definition) is 6. The van der Waals surface area contributed by atoms with Gasteiger partial charge >= 0.3 is 6.03 Å². The molecule has 0 saturated carbocycles. The van der Waals surface area contributed by atoms with Gasteiger partial charge in [0.25, 0.3) is 0 Å². The lowest BCUT2D eigenvalue weighted by Crippen LogP contribution is -2.39. The zero-order chi connectivity index (χ0) is 16.9. The molecule has 8 heteroatoms. The minimum Gasteiger partial charge on any atom is -0.508 e. The maximum atomic E-state index is 12.6. The van der Waals surface area contributed by atoms with E-state index in [1.54, 1.807) is 23.1 Å². The summed E-state index contributed by atoms with van der Waals surface area (Å²) in [6.07, 6.45) is 1.96. The molecule has 1 fully saturated rings. The van der Waals surface area contributed by atoms with Crippen LogP contribution in [0.4, 0.5) is 9.93 Å². The molecule has 0 aliphatic carbocycles. The molecular weight excluding hydrogens is 328 g/mol. The summed E-state index contributed by atoms with van der Waals surface area (Å²) in [4.78, 5) is 14.3. The van der Waals surface area contributed by atoms with Gasteiger partial charge in [0, 0.05) is 18.7 Å². The number of para-hydroxylation sites is 1. The quantitative estimate of drug-likeness (QED) is 0.867. The van der Waals surface area contributed by atoms with E-state index in [2.05, 4.69) is 15.5 Å². The van der Waals surface area contributed by atoms with Crippen LogP contribution in [0.2, 0.25) is 0 Å². The van der Waals surface area contributed by atoms with Crippen molar-refractivity contribution in [2.24, 2.45) is 0 Å². The molecule has 1 aromatic carbocycles. The average molecular weight is 348 g/mol. The van der Waals surface area contributed by atoms with Crippen LogP contribution in [-0.2, 0) is 11.3 Å². The number of amides is 2. The first-order valence-electron chi connectivity index (χ1n) is 7.86. The lowest BCUT2D eigenvalue weighted by Gasteiger charge is -2.25. The number of aromatic hydroxyl groups is 1. The molecule has 1 aliphatic rings. The molecule has 0 unspecified atom stereocenters. The van der Waals surface area contributed by atoms with Gasteiger partial charge in [0.05, 0.1) is 12.6 Å². The Hall–Kier alpha value is -2.19. The maximum Gasteiger partial charge on any atom is 0.324 e. The van der Waals surface area contributed by atoms with Crippen LogP contribution < -0.4 is 5.32 Å². The van der Waals surface area contributed by atoms with Gasteiger partial charge in [-0.1, -0.05) is 29.5 Å². The second kappa shape index (κ2) is 7.59. The lowest BCUT2D eigenvalue weighted by molar-refractivity contribution is 0.0817. The Morgan fingerprint density at radius 1 is 1.46 bits per heavy atom. The predicted octanol–water partition coefficient (Wildman–Crippen LogP) is 2.77. The molecule has 0 radical (unpaired) electrons. The van der Waals surface area contributed by atoms with Crippen molar-refractivity contribution < 1.29 is 14.6 Å². The van der Waals surface area contributed by atoms with Crippen LogP contribution in [0, 0.1) is 6.92 Å². The minimum atomic E-state index is -0.273. The van der Waals surface area contributed by atoms with Crippen LogP contribution in [-0.4, -0.2) is 45.5 Å². The molecule has 1 aromatic heterocycles. The van der Waals surface area contributed by atoms with E-state index in [4.69, 9.17) is 4.74 Å². The maximum absolute atomic E-state index is 12.6. The largest absolute Gasteiger partial charge is 0.508 e. The number of anilines is 1. The molecule has 1 saturated heterocycles. The number of ether oxygens (including phenoxy) is 1. The summed E-state index contributed by atoms with van der Waals surface area (Å²) in [5.41, 5.74) is 0.694. The highest BCUT2D eigenvalue weighted by molar-refractivity contribution is 7.15. The van der Waals surface area contributed by atoms with Gasteiger partial charge in [0.1, 0.15) is 10.8 Å². The molecule has 2 N–H and O–H groups in total. The molecule has 3 rings (SSSR count). The number of aryl methyl sites for hydroxylation is 1. The average Bonchev–Trinajstić information content (AvgIpc) is 3.20. The SMILES string of the molecule is Cc1nnc(NC(=O)N(Cc2ccccc2O)C[C@@H]2CCCO2)s1. The molecule has 0 bridgehead atoms. The second-order valence-corrected chi connectivity index (χ2v) is 6.88. The number of nitrogens with zero attached hydrogens (tertiary/aromatic N) is 3. The number of hydrogen-bond donors (Lipinski definition) is 2. The molecule has 2 aromatic rings. The summed E-state index contributed by atoms with van der Waals surface area (Å²) in [6, 6.07) is 6.75. The standard InChI is InChI=1S/C16H20N4O3S/c1-11-18-19-15(24-11)17-16(22)20(10-13-6-4-8-23-13)9-12-5-2-3-7-14(12)21/h2-3,5,7,13,21H,4,6,8-10H2,1H3,(H,17,19,22)/t13-/m0/s1. The van der Waals surface area contributed by atoms with Crippen molar-refractivity contribution in [3.05, 3.63) is 34.8 Å². The highest BCUT2D eigenvalue weighted by atomic mass is 32.1. The Labute approximate surface area is 144 Å². The number of carbonyl (C=O) groups excluding carboxylic acids is 1. The summed E-state index contributed by atoms with van der Waals surface area (Å²) < 4.78 is 5.65. The highest BCUT2D eigenvalue weighted by Gasteiger charge is 2.24. The van der Waals surface area contributed by atoms with Crippen LogP contribution >= 0.6 is 11.3 Å². The number of aromatic nitrogens is 2. The van der Waals surface area contributed by atoms with Crippen molar-refractivity contribution in [3.8, 4) is 5.75 Å². The number of nitrogens with one attached hydrogen (secondary N) is 1. The van der Waals surface area contributed by atoms with E-state index in [-0.39, 0.29) is 17.9 Å². The number of phenolic OH excluding ortho intramolecular Hbond substituents is 1. The number of rotatable bonds is 5. The van der Waals surface area contributed by atoms with E-state index in [9.17, 15) is 9.90 Å². The minimum absolute atomic E-state index is 0.0257. The van der Waals surface area contributed by atoms with Gasteiger partial charge in [-0.05, 0) is 25.8 Å². The number of urea groups is 1. The number of carbonyl (C=O) groups is 1. The van der Waals surface area contributed by atoms with Gasteiger partial charge in [-0.2, -0.15) is 0 Å². The zero-order valence-corrected chi connectivity index (χ0v) is 14.3. The van der Waals surface area contributed by atoms with E-state index >= 15 is 0 Å². The fraction of sp³-hybridized carbons (Fsp3) is 0.438.